The summed E-state index contributed by atoms with van der Waals surface area (Å²) in [5.74, 6) is 1.58. The first-order valence-corrected chi connectivity index (χ1v) is 7.06. The number of rotatable bonds is 3. The Hall–Kier alpha value is -1.73. The third-order valence-electron chi connectivity index (χ3n) is 2.68. The Morgan fingerprint density at radius 1 is 1.47 bits per heavy atom. The quantitative estimate of drug-likeness (QED) is 0.744. The van der Waals surface area contributed by atoms with Crippen molar-refractivity contribution < 1.29 is 4.42 Å². The van der Waals surface area contributed by atoms with Crippen LogP contribution in [0.1, 0.15) is 19.9 Å². The van der Waals surface area contributed by atoms with Crippen LogP contribution >= 0.6 is 23.6 Å². The lowest BCUT2D eigenvalue weighted by atomic mass is 10.3. The normalized spacial score (nSPS) is 11.3. The van der Waals surface area contributed by atoms with Crippen LogP contribution in [0.5, 0.6) is 0 Å². The molecule has 3 aromatic rings. The molecule has 0 saturated heterocycles. The van der Waals surface area contributed by atoms with E-state index < -0.39 is 0 Å². The van der Waals surface area contributed by atoms with Gasteiger partial charge in [-0.1, -0.05) is 0 Å². The average Bonchev–Trinajstić information content (AvgIpc) is 3.07. The molecule has 0 bridgehead atoms. The molecule has 0 unspecified atom stereocenters. The molecule has 19 heavy (non-hydrogen) atoms. The van der Waals surface area contributed by atoms with E-state index in [1.54, 1.807) is 12.5 Å². The van der Waals surface area contributed by atoms with E-state index in [1.807, 2.05) is 16.7 Å². The number of nitrogens with one attached hydrogen (secondary N) is 1. The van der Waals surface area contributed by atoms with Gasteiger partial charge in [0.25, 0.3) is 0 Å². The second-order valence-electron chi connectivity index (χ2n) is 4.32. The second-order valence-corrected chi connectivity index (χ2v) is 5.74. The molecular weight excluding hydrogens is 280 g/mol. The maximum absolute atomic E-state index is 5.34. The molecule has 0 amide bonds. The van der Waals surface area contributed by atoms with Crippen molar-refractivity contribution in [2.75, 3.05) is 0 Å². The van der Waals surface area contributed by atoms with Crippen LogP contribution in [-0.4, -0.2) is 19.7 Å². The molecule has 3 heterocycles. The second kappa shape index (κ2) is 4.75. The Morgan fingerprint density at radius 2 is 2.32 bits per heavy atom. The first kappa shape index (κ1) is 12.3. The molecular formula is C12H12N4OS2. The van der Waals surface area contributed by atoms with Crippen molar-refractivity contribution >= 4 is 23.6 Å². The standard InChI is InChI=1S/C12H12N4OS2/c1-7(2)16-10(14-15-12(16)18)9-6-13-11(19-9)8-4-3-5-17-8/h3-7H,1-2H3,(H,15,18). The third-order valence-corrected chi connectivity index (χ3v) is 3.97. The molecule has 0 aliphatic rings. The van der Waals surface area contributed by atoms with Gasteiger partial charge in [0.2, 0.25) is 0 Å². The first-order chi connectivity index (χ1) is 9.16. The average molecular weight is 292 g/mol. The summed E-state index contributed by atoms with van der Waals surface area (Å²) in [4.78, 5) is 5.33. The zero-order chi connectivity index (χ0) is 13.4. The summed E-state index contributed by atoms with van der Waals surface area (Å²) in [5, 5.41) is 7.96. The van der Waals surface area contributed by atoms with Crippen molar-refractivity contribution in [3.05, 3.63) is 29.4 Å². The van der Waals surface area contributed by atoms with Crippen molar-refractivity contribution in [1.82, 2.24) is 19.7 Å². The number of furan rings is 1. The molecule has 3 rings (SSSR count). The minimum atomic E-state index is 0.246. The van der Waals surface area contributed by atoms with Crippen LogP contribution in [0.4, 0.5) is 0 Å². The smallest absolute Gasteiger partial charge is 0.195 e. The summed E-state index contributed by atoms with van der Waals surface area (Å²) < 4.78 is 7.95. The van der Waals surface area contributed by atoms with Crippen LogP contribution in [0.25, 0.3) is 21.5 Å². The van der Waals surface area contributed by atoms with Crippen LogP contribution in [0.2, 0.25) is 0 Å². The Kier molecular flexibility index (Phi) is 3.08. The number of hydrogen-bond donors (Lipinski definition) is 1. The van der Waals surface area contributed by atoms with Crippen molar-refractivity contribution in [3.63, 3.8) is 0 Å². The SMILES string of the molecule is CC(C)n1c(-c2cnc(-c3ccco3)s2)n[nH]c1=S. The molecule has 0 aliphatic heterocycles. The highest BCUT2D eigenvalue weighted by atomic mass is 32.1. The van der Waals surface area contributed by atoms with Gasteiger partial charge < -0.3 is 4.42 Å². The molecule has 3 aromatic heterocycles. The van der Waals surface area contributed by atoms with Gasteiger partial charge in [0.1, 0.15) is 0 Å². The minimum Gasteiger partial charge on any atom is -0.462 e. The van der Waals surface area contributed by atoms with E-state index in [0.717, 1.165) is 21.5 Å². The molecule has 98 valence electrons. The lowest BCUT2D eigenvalue weighted by molar-refractivity contribution is 0.582. The Labute approximate surface area is 118 Å². The van der Waals surface area contributed by atoms with Gasteiger partial charge >= 0.3 is 0 Å². The fourth-order valence-corrected chi connectivity index (χ4v) is 3.06. The number of thiazole rings is 1. The molecule has 0 atom stereocenters. The van der Waals surface area contributed by atoms with Gasteiger partial charge in [-0.3, -0.25) is 9.67 Å². The summed E-state index contributed by atoms with van der Waals surface area (Å²) in [6.07, 6.45) is 3.44. The fraction of sp³-hybridized carbons (Fsp3) is 0.250. The first-order valence-electron chi connectivity index (χ1n) is 5.84. The lowest BCUT2D eigenvalue weighted by Gasteiger charge is -2.08. The van der Waals surface area contributed by atoms with E-state index in [0.29, 0.717) is 4.77 Å². The van der Waals surface area contributed by atoms with Gasteiger partial charge in [-0.15, -0.1) is 11.3 Å². The summed E-state index contributed by atoms with van der Waals surface area (Å²) in [6.45, 7) is 4.15. The highest BCUT2D eigenvalue weighted by Crippen LogP contribution is 2.32. The monoisotopic (exact) mass is 292 g/mol. The summed E-state index contributed by atoms with van der Waals surface area (Å²) in [5.41, 5.74) is 0. The molecule has 7 heteroatoms. The number of hydrogen-bond acceptors (Lipinski definition) is 5. The maximum atomic E-state index is 5.34. The Bertz CT molecular complexity index is 736. The fourth-order valence-electron chi connectivity index (χ4n) is 1.85. The van der Waals surface area contributed by atoms with E-state index in [9.17, 15) is 0 Å². The maximum Gasteiger partial charge on any atom is 0.195 e. The van der Waals surface area contributed by atoms with Gasteiger partial charge in [0.05, 0.1) is 11.1 Å². The molecule has 0 radical (unpaired) electrons. The number of nitrogens with zero attached hydrogens (tertiary/aromatic N) is 3. The van der Waals surface area contributed by atoms with Crippen molar-refractivity contribution in [1.29, 1.82) is 0 Å². The summed E-state index contributed by atoms with van der Waals surface area (Å²) in [7, 11) is 0. The van der Waals surface area contributed by atoms with E-state index in [-0.39, 0.29) is 6.04 Å². The molecule has 5 nitrogen and oxygen atoms in total. The Balaban J connectivity index is 2.07. The number of aromatic nitrogens is 4. The van der Waals surface area contributed by atoms with Crippen molar-refractivity contribution in [2.45, 2.75) is 19.9 Å². The number of H-pyrrole nitrogens is 1. The lowest BCUT2D eigenvalue weighted by Crippen LogP contribution is -2.02. The summed E-state index contributed by atoms with van der Waals surface area (Å²) in [6, 6.07) is 3.98. The van der Waals surface area contributed by atoms with Crippen molar-refractivity contribution in [2.24, 2.45) is 0 Å². The van der Waals surface area contributed by atoms with Crippen molar-refractivity contribution in [3.8, 4) is 21.5 Å². The largest absolute Gasteiger partial charge is 0.462 e. The van der Waals surface area contributed by atoms with Crippen LogP contribution in [-0.2, 0) is 0 Å². The van der Waals surface area contributed by atoms with Gasteiger partial charge in [-0.05, 0) is 38.2 Å². The molecule has 0 aromatic carbocycles. The van der Waals surface area contributed by atoms with E-state index in [2.05, 4.69) is 29.0 Å². The molecule has 0 spiro atoms. The topological polar surface area (TPSA) is 59.6 Å². The van der Waals surface area contributed by atoms with Crippen LogP contribution < -0.4 is 0 Å². The third kappa shape index (κ3) is 2.15. The molecule has 0 saturated carbocycles. The van der Waals surface area contributed by atoms with Gasteiger partial charge in [-0.25, -0.2) is 4.98 Å². The highest BCUT2D eigenvalue weighted by Gasteiger charge is 2.15. The zero-order valence-electron chi connectivity index (χ0n) is 10.5. The number of aromatic amines is 1. The zero-order valence-corrected chi connectivity index (χ0v) is 12.1. The van der Waals surface area contributed by atoms with Gasteiger partial charge in [-0.2, -0.15) is 5.10 Å². The van der Waals surface area contributed by atoms with Crippen LogP contribution in [0.3, 0.4) is 0 Å². The Morgan fingerprint density at radius 3 is 3.00 bits per heavy atom. The van der Waals surface area contributed by atoms with Crippen LogP contribution in [0.15, 0.2) is 29.0 Å². The van der Waals surface area contributed by atoms with E-state index in [1.165, 1.54) is 11.3 Å². The van der Waals surface area contributed by atoms with E-state index >= 15 is 0 Å². The molecule has 0 fully saturated rings. The predicted octanol–water partition coefficient (Wildman–Crippen LogP) is 3.91. The van der Waals surface area contributed by atoms with Crippen LogP contribution in [0, 0.1) is 4.77 Å². The summed E-state index contributed by atoms with van der Waals surface area (Å²) >= 11 is 6.78. The highest BCUT2D eigenvalue weighted by molar-refractivity contribution is 7.71. The van der Waals surface area contributed by atoms with Gasteiger partial charge in [0.15, 0.2) is 21.4 Å². The predicted molar refractivity (Wildman–Crippen MR) is 76.6 cm³/mol. The molecule has 0 aliphatic carbocycles. The minimum absolute atomic E-state index is 0.246. The van der Waals surface area contributed by atoms with Gasteiger partial charge in [0, 0.05) is 12.2 Å². The van der Waals surface area contributed by atoms with E-state index in [4.69, 9.17) is 16.6 Å². The molecule has 1 N–H and O–H groups in total.